The third-order valence-corrected chi connectivity index (χ3v) is 12.7. The largest absolute Gasteiger partial charge is 0.461 e. The van der Waals surface area contributed by atoms with Gasteiger partial charge >= 0.3 is 29.8 Å². The van der Waals surface area contributed by atoms with Crippen LogP contribution in [0.2, 0.25) is 0 Å². The zero-order chi connectivity index (χ0) is 45.0. The van der Waals surface area contributed by atoms with E-state index < -0.39 is 74.5 Å². The number of ether oxygens (including phenoxy) is 5. The molecule has 0 amide bonds. The summed E-state index contributed by atoms with van der Waals surface area (Å²) in [4.78, 5) is 59.8. The molecule has 2 aliphatic rings. The van der Waals surface area contributed by atoms with E-state index in [4.69, 9.17) is 23.7 Å². The summed E-state index contributed by atoms with van der Waals surface area (Å²) in [6.07, 6.45) is 5.97. The first kappa shape index (κ1) is 48.3. The van der Waals surface area contributed by atoms with Crippen LogP contribution in [0.5, 0.6) is 0 Å². The van der Waals surface area contributed by atoms with Gasteiger partial charge in [0.25, 0.3) is 0 Å². The highest BCUT2D eigenvalue weighted by Crippen LogP contribution is 2.42. The zero-order valence-corrected chi connectivity index (χ0v) is 37.0. The van der Waals surface area contributed by atoms with Crippen LogP contribution in [0.15, 0.2) is 146 Å². The van der Waals surface area contributed by atoms with Gasteiger partial charge in [0.2, 0.25) is 0 Å². The van der Waals surface area contributed by atoms with Gasteiger partial charge < -0.3 is 23.7 Å². The number of hydrogen-bond acceptors (Lipinski definition) is 12. The summed E-state index contributed by atoms with van der Waals surface area (Å²) in [6, 6.07) is 36.8. The Morgan fingerprint density at radius 3 is 1.21 bits per heavy atom. The molecule has 2 saturated heterocycles. The molecule has 0 aliphatic carbocycles. The Morgan fingerprint density at radius 1 is 0.508 bits per heavy atom. The van der Waals surface area contributed by atoms with Crippen molar-refractivity contribution in [2.45, 2.75) is 51.6 Å². The maximum Gasteiger partial charge on any atom is 0.331 e. The van der Waals surface area contributed by atoms with Crippen molar-refractivity contribution in [1.29, 1.82) is 0 Å². The zero-order valence-electron chi connectivity index (χ0n) is 33.7. The smallest absolute Gasteiger partial charge is 0.331 e. The van der Waals surface area contributed by atoms with E-state index in [0.717, 1.165) is 34.0 Å². The van der Waals surface area contributed by atoms with E-state index in [-0.39, 0.29) is 13.2 Å². The lowest BCUT2D eigenvalue weighted by Crippen LogP contribution is -2.37. The van der Waals surface area contributed by atoms with Crippen LogP contribution in [0.3, 0.4) is 0 Å². The average molecular weight is 962 g/mol. The lowest BCUT2D eigenvalue weighted by atomic mass is 10.1. The maximum atomic E-state index is 14.9. The number of esters is 5. The number of hydrogen-bond donors (Lipinski definition) is 0. The van der Waals surface area contributed by atoms with E-state index in [1.165, 1.54) is 43.0 Å². The fraction of sp³-hybridized carbons (Fsp3) is 0.229. The number of carbonyl (C=O) groups is 5. The molecule has 0 bridgehead atoms. The lowest BCUT2D eigenvalue weighted by molar-refractivity contribution is -0.152. The van der Waals surface area contributed by atoms with Crippen LogP contribution in [-0.4, -0.2) is 87.7 Å². The minimum Gasteiger partial charge on any atom is -0.461 e. The first-order valence-electron chi connectivity index (χ1n) is 19.5. The standard InChI is InChI=1S/C25H23FO6S.C23H20BrFO4S/c1-17(27)31-25-23(26)24(32-22(29)15-13-19-10-6-3-7-11-19)20(33-25)16-30-21(28)14-12-18-8-4-2-5-9-18;24-23-21(25)22(29-20(27)14-12-17-9-5-2-6-10-17)18(30-23)15-28-19(26)13-11-16-7-3-1-4-8-16/h2-15,20,23-25H,16H2,1H3;1-14,18,21-23H,15H2/b14-12+,15-13+;13-11+,14-12+/t20-,23+,24-,25-;18-,21+,22-,23+/m11/s1. The third kappa shape index (κ3) is 16.5. The van der Waals surface area contributed by atoms with Crippen molar-refractivity contribution in [3.8, 4) is 0 Å². The Morgan fingerprint density at radius 2 is 0.841 bits per heavy atom. The van der Waals surface area contributed by atoms with Crippen LogP contribution >= 0.6 is 39.5 Å². The molecule has 6 rings (SSSR count). The Kier molecular flexibility index (Phi) is 19.4. The summed E-state index contributed by atoms with van der Waals surface area (Å²) in [7, 11) is 0. The van der Waals surface area contributed by atoms with Crippen LogP contribution in [-0.2, 0) is 47.7 Å². The van der Waals surface area contributed by atoms with Gasteiger partial charge in [0, 0.05) is 31.2 Å². The van der Waals surface area contributed by atoms with Crippen molar-refractivity contribution in [2.24, 2.45) is 0 Å². The van der Waals surface area contributed by atoms with Crippen LogP contribution < -0.4 is 0 Å². The molecule has 15 heteroatoms. The molecule has 0 unspecified atom stereocenters. The van der Waals surface area contributed by atoms with Crippen molar-refractivity contribution in [3.63, 3.8) is 0 Å². The fourth-order valence-corrected chi connectivity index (χ4v) is 9.48. The van der Waals surface area contributed by atoms with E-state index in [0.29, 0.717) is 0 Å². The molecule has 2 heterocycles. The second-order valence-corrected chi connectivity index (χ2v) is 17.9. The molecule has 2 aliphatic heterocycles. The van der Waals surface area contributed by atoms with E-state index in [9.17, 15) is 32.8 Å². The molecule has 2 fully saturated rings. The maximum absolute atomic E-state index is 14.9. The molecule has 0 saturated carbocycles. The van der Waals surface area contributed by atoms with Gasteiger partial charge in [-0.05, 0) is 46.6 Å². The van der Waals surface area contributed by atoms with Crippen molar-refractivity contribution in [3.05, 3.63) is 168 Å². The molecule has 0 N–H and O–H groups in total. The fourth-order valence-electron chi connectivity index (χ4n) is 5.85. The van der Waals surface area contributed by atoms with Crippen molar-refractivity contribution >= 4 is 93.6 Å². The van der Waals surface area contributed by atoms with Gasteiger partial charge in [-0.15, -0.1) is 23.5 Å². The average Bonchev–Trinajstić information content (AvgIpc) is 3.73. The van der Waals surface area contributed by atoms with Gasteiger partial charge in [0.15, 0.2) is 30.0 Å². The Labute approximate surface area is 380 Å². The van der Waals surface area contributed by atoms with E-state index >= 15 is 0 Å². The second-order valence-electron chi connectivity index (χ2n) is 13.6. The van der Waals surface area contributed by atoms with Gasteiger partial charge in [0.05, 0.1) is 14.7 Å². The van der Waals surface area contributed by atoms with Crippen LogP contribution in [0.4, 0.5) is 8.78 Å². The van der Waals surface area contributed by atoms with Crippen LogP contribution in [0.1, 0.15) is 29.2 Å². The second kappa shape index (κ2) is 25.4. The third-order valence-electron chi connectivity index (χ3n) is 8.90. The monoisotopic (exact) mass is 960 g/mol. The van der Waals surface area contributed by atoms with E-state index in [1.807, 2.05) is 109 Å². The molecule has 0 spiro atoms. The minimum atomic E-state index is -1.77. The number of rotatable bonds is 15. The minimum absolute atomic E-state index is 0.0640. The van der Waals surface area contributed by atoms with Crippen molar-refractivity contribution in [2.75, 3.05) is 13.2 Å². The Hall–Kier alpha value is -5.77. The van der Waals surface area contributed by atoms with Gasteiger partial charge in [0.1, 0.15) is 13.2 Å². The summed E-state index contributed by atoms with van der Waals surface area (Å²) in [6.45, 7) is 0.880. The summed E-state index contributed by atoms with van der Waals surface area (Å²) in [5, 5.41) is -1.25. The Bertz CT molecular complexity index is 2230. The summed E-state index contributed by atoms with van der Waals surface area (Å²) in [5.74, 6) is -3.22. The number of halogens is 3. The number of alkyl halides is 3. The number of thioether (sulfide) groups is 2. The first-order valence-corrected chi connectivity index (χ1v) is 22.3. The lowest BCUT2D eigenvalue weighted by Gasteiger charge is -2.19. The molecule has 10 nitrogen and oxygen atoms in total. The molecular weight excluding hydrogens is 919 g/mol. The van der Waals surface area contributed by atoms with Crippen molar-refractivity contribution in [1.82, 2.24) is 0 Å². The molecule has 4 aromatic carbocycles. The summed E-state index contributed by atoms with van der Waals surface area (Å²) < 4.78 is 55.0. The molecule has 63 heavy (non-hydrogen) atoms. The van der Waals surface area contributed by atoms with Gasteiger partial charge in [-0.25, -0.2) is 28.0 Å². The molecule has 328 valence electrons. The predicted molar refractivity (Wildman–Crippen MR) is 244 cm³/mol. The summed E-state index contributed by atoms with van der Waals surface area (Å²) in [5.41, 5.74) is 2.13. The predicted octanol–water partition coefficient (Wildman–Crippen LogP) is 9.25. The normalized spacial score (nSPS) is 23.0. The van der Waals surface area contributed by atoms with Crippen molar-refractivity contribution < 1.29 is 56.4 Å². The van der Waals surface area contributed by atoms with Gasteiger partial charge in [-0.3, -0.25) is 4.79 Å². The molecule has 4 aromatic rings. The highest BCUT2D eigenvalue weighted by atomic mass is 79.9. The summed E-state index contributed by atoms with van der Waals surface area (Å²) >= 11 is 5.42. The van der Waals surface area contributed by atoms with E-state index in [2.05, 4.69) is 15.9 Å². The Balaban J connectivity index is 0.000000239. The molecular formula is C48H43BrF2O10S2. The molecule has 0 radical (unpaired) electrons. The molecule has 0 aromatic heterocycles. The highest BCUT2D eigenvalue weighted by Gasteiger charge is 2.49. The number of carbonyl (C=O) groups excluding carboxylic acids is 5. The first-order chi connectivity index (χ1) is 30.4. The van der Waals surface area contributed by atoms with Gasteiger partial charge in [-0.2, -0.15) is 0 Å². The topological polar surface area (TPSA) is 132 Å². The quantitative estimate of drug-likeness (QED) is 0.0487. The van der Waals surface area contributed by atoms with Gasteiger partial charge in [-0.1, -0.05) is 137 Å². The highest BCUT2D eigenvalue weighted by molar-refractivity contribution is 9.11. The van der Waals surface area contributed by atoms with Crippen LogP contribution in [0, 0.1) is 0 Å². The molecule has 8 atom stereocenters. The number of benzene rings is 4. The van der Waals surface area contributed by atoms with E-state index in [1.54, 1.807) is 36.4 Å². The van der Waals surface area contributed by atoms with Crippen LogP contribution in [0.25, 0.3) is 24.3 Å². The SMILES string of the molecule is CC(=O)O[C@@H]1S[C@H](COC(=O)/C=C/c2ccccc2)[C@@H](OC(=O)/C=C/c2ccccc2)[C@@H]1F.O=C(/C=C/c1ccccc1)OC[C@H]1S[C@H](Br)[C@@H](F)[C@@H]1OC(=O)/C=C/c1ccccc1.